The lowest BCUT2D eigenvalue weighted by Crippen LogP contribution is -2.23. The van der Waals surface area contributed by atoms with Gasteiger partial charge in [0, 0.05) is 16.8 Å². The second-order valence-electron chi connectivity index (χ2n) is 6.84. The summed E-state index contributed by atoms with van der Waals surface area (Å²) in [4.78, 5) is 34.6. The Bertz CT molecular complexity index is 890. The van der Waals surface area contributed by atoms with E-state index in [1.165, 1.54) is 12.1 Å². The van der Waals surface area contributed by atoms with Crippen LogP contribution in [0.2, 0.25) is 5.02 Å². The summed E-state index contributed by atoms with van der Waals surface area (Å²) in [5.41, 5.74) is 0.601. The molecular weight excluding hydrogens is 372 g/mol. The molecule has 2 aromatic carbocycles. The molecule has 0 bridgehead atoms. The first-order valence-electron chi connectivity index (χ1n) is 8.10. The van der Waals surface area contributed by atoms with Crippen LogP contribution in [0.4, 0.5) is 11.4 Å². The zero-order chi connectivity index (χ0) is 20.2. The van der Waals surface area contributed by atoms with E-state index in [1.54, 1.807) is 12.1 Å². The molecule has 27 heavy (non-hydrogen) atoms. The van der Waals surface area contributed by atoms with Crippen molar-refractivity contribution in [3.63, 3.8) is 0 Å². The first-order valence-corrected chi connectivity index (χ1v) is 8.48. The van der Waals surface area contributed by atoms with Crippen LogP contribution in [0.15, 0.2) is 42.5 Å². The van der Waals surface area contributed by atoms with E-state index in [1.807, 2.05) is 32.9 Å². The normalized spacial score (nSPS) is 11.0. The Hall–Kier alpha value is -2.93. The summed E-state index contributed by atoms with van der Waals surface area (Å²) in [6.07, 6.45) is 0. The number of halogens is 1. The number of ether oxygens (including phenoxy) is 1. The van der Waals surface area contributed by atoms with Crippen molar-refractivity contribution in [1.29, 1.82) is 0 Å². The zero-order valence-corrected chi connectivity index (χ0v) is 15.9. The number of esters is 1. The molecule has 7 nitrogen and oxygen atoms in total. The molecule has 0 saturated heterocycles. The molecule has 0 saturated carbocycles. The lowest BCUT2D eigenvalue weighted by atomic mass is 9.86. The average Bonchev–Trinajstić information content (AvgIpc) is 2.59. The van der Waals surface area contributed by atoms with Gasteiger partial charge in [-0.25, -0.2) is 4.79 Å². The highest BCUT2D eigenvalue weighted by atomic mass is 35.5. The predicted octanol–water partition coefficient (Wildman–Crippen LogP) is 4.34. The van der Waals surface area contributed by atoms with Crippen molar-refractivity contribution in [3.05, 3.63) is 68.7 Å². The van der Waals surface area contributed by atoms with Crippen LogP contribution in [-0.2, 0) is 14.9 Å². The highest BCUT2D eigenvalue weighted by Gasteiger charge is 2.23. The van der Waals surface area contributed by atoms with E-state index in [-0.39, 0.29) is 16.0 Å². The van der Waals surface area contributed by atoms with Crippen molar-refractivity contribution >= 4 is 34.9 Å². The average molecular weight is 391 g/mol. The summed E-state index contributed by atoms with van der Waals surface area (Å²) in [6.45, 7) is 5.46. The maximum Gasteiger partial charge on any atom is 0.345 e. The van der Waals surface area contributed by atoms with E-state index in [0.717, 1.165) is 11.6 Å². The van der Waals surface area contributed by atoms with Crippen LogP contribution in [0.25, 0.3) is 0 Å². The van der Waals surface area contributed by atoms with E-state index in [4.69, 9.17) is 16.3 Å². The van der Waals surface area contributed by atoms with Crippen molar-refractivity contribution in [1.82, 2.24) is 0 Å². The van der Waals surface area contributed by atoms with Gasteiger partial charge in [-0.05, 0) is 29.2 Å². The lowest BCUT2D eigenvalue weighted by Gasteiger charge is -2.22. The molecule has 0 spiro atoms. The summed E-state index contributed by atoms with van der Waals surface area (Å²) < 4.78 is 4.92. The minimum atomic E-state index is -0.974. The van der Waals surface area contributed by atoms with Gasteiger partial charge in [0.2, 0.25) is 0 Å². The number of para-hydroxylation sites is 1. The smallest absolute Gasteiger partial charge is 0.345 e. The fourth-order valence-electron chi connectivity index (χ4n) is 2.47. The van der Waals surface area contributed by atoms with Crippen LogP contribution in [0, 0.1) is 10.1 Å². The molecule has 142 valence electrons. The molecule has 2 aromatic rings. The Morgan fingerprint density at radius 2 is 1.85 bits per heavy atom. The highest BCUT2D eigenvalue weighted by molar-refractivity contribution is 6.31. The van der Waals surface area contributed by atoms with Crippen LogP contribution >= 0.6 is 11.6 Å². The molecule has 1 amide bonds. The molecule has 0 aliphatic rings. The molecule has 0 heterocycles. The Morgan fingerprint density at radius 3 is 2.48 bits per heavy atom. The van der Waals surface area contributed by atoms with Crippen molar-refractivity contribution in [2.45, 2.75) is 26.2 Å². The van der Waals surface area contributed by atoms with Crippen molar-refractivity contribution < 1.29 is 19.2 Å². The van der Waals surface area contributed by atoms with E-state index < -0.39 is 29.1 Å². The fraction of sp³-hybridized carbons (Fsp3) is 0.263. The van der Waals surface area contributed by atoms with Crippen LogP contribution < -0.4 is 5.32 Å². The van der Waals surface area contributed by atoms with Crippen LogP contribution in [-0.4, -0.2) is 23.4 Å². The topological polar surface area (TPSA) is 98.5 Å². The van der Waals surface area contributed by atoms with Gasteiger partial charge in [-0.3, -0.25) is 14.9 Å². The third-order valence-electron chi connectivity index (χ3n) is 3.72. The Kier molecular flexibility index (Phi) is 6.17. The number of nitro benzene ring substituents is 1. The van der Waals surface area contributed by atoms with Gasteiger partial charge in [-0.2, -0.15) is 0 Å². The number of nitrogens with one attached hydrogen (secondary N) is 1. The lowest BCUT2D eigenvalue weighted by molar-refractivity contribution is -0.385. The van der Waals surface area contributed by atoms with Gasteiger partial charge in [0.15, 0.2) is 6.61 Å². The number of amides is 1. The van der Waals surface area contributed by atoms with E-state index >= 15 is 0 Å². The number of anilines is 1. The van der Waals surface area contributed by atoms with E-state index in [9.17, 15) is 19.7 Å². The number of rotatable bonds is 5. The van der Waals surface area contributed by atoms with Gasteiger partial charge < -0.3 is 10.1 Å². The fourth-order valence-corrected chi connectivity index (χ4v) is 2.64. The predicted molar refractivity (Wildman–Crippen MR) is 102 cm³/mol. The monoisotopic (exact) mass is 390 g/mol. The summed E-state index contributed by atoms with van der Waals surface area (Å²) in [5.74, 6) is -1.52. The summed E-state index contributed by atoms with van der Waals surface area (Å²) in [5, 5.41) is 13.9. The SMILES string of the molecule is CC(C)(C)c1ccccc1NC(=O)COC(=O)c1ccc(Cl)cc1[N+](=O)[O-]. The van der Waals surface area contributed by atoms with Gasteiger partial charge in [0.05, 0.1) is 4.92 Å². The quantitative estimate of drug-likeness (QED) is 0.465. The summed E-state index contributed by atoms with van der Waals surface area (Å²) in [7, 11) is 0. The number of benzene rings is 2. The second kappa shape index (κ2) is 8.18. The van der Waals surface area contributed by atoms with E-state index in [0.29, 0.717) is 5.69 Å². The largest absolute Gasteiger partial charge is 0.452 e. The highest BCUT2D eigenvalue weighted by Crippen LogP contribution is 2.29. The molecule has 0 aliphatic carbocycles. The van der Waals surface area contributed by atoms with Gasteiger partial charge in [0.1, 0.15) is 5.56 Å². The van der Waals surface area contributed by atoms with Crippen molar-refractivity contribution in [2.75, 3.05) is 11.9 Å². The van der Waals surface area contributed by atoms with Crippen LogP contribution in [0.1, 0.15) is 36.7 Å². The number of nitrogens with zero attached hydrogens (tertiary/aromatic N) is 1. The first kappa shape index (κ1) is 20.4. The van der Waals surface area contributed by atoms with Crippen LogP contribution in [0.3, 0.4) is 0 Å². The second-order valence-corrected chi connectivity index (χ2v) is 7.27. The molecule has 0 atom stereocenters. The Labute approximate surface area is 161 Å². The summed E-state index contributed by atoms with van der Waals surface area (Å²) >= 11 is 5.71. The maximum atomic E-state index is 12.2. The van der Waals surface area contributed by atoms with Crippen LogP contribution in [0.5, 0.6) is 0 Å². The summed E-state index contributed by atoms with van der Waals surface area (Å²) in [6, 6.07) is 10.9. The molecule has 0 radical (unpaired) electrons. The molecule has 0 unspecified atom stereocenters. The van der Waals surface area contributed by atoms with Gasteiger partial charge in [0.25, 0.3) is 11.6 Å². The minimum Gasteiger partial charge on any atom is -0.452 e. The maximum absolute atomic E-state index is 12.2. The molecule has 2 rings (SSSR count). The Morgan fingerprint density at radius 1 is 1.19 bits per heavy atom. The standard InChI is InChI=1S/C19H19ClN2O5/c1-19(2,3)14-6-4-5-7-15(14)21-17(23)11-27-18(24)13-9-8-12(20)10-16(13)22(25)26/h4-10H,11H2,1-3H3,(H,21,23). The molecular formula is C19H19ClN2O5. The Balaban J connectivity index is 2.07. The molecule has 0 aromatic heterocycles. The third kappa shape index (κ3) is 5.27. The minimum absolute atomic E-state index is 0.120. The number of carbonyl (C=O) groups is 2. The zero-order valence-electron chi connectivity index (χ0n) is 15.1. The molecule has 8 heteroatoms. The van der Waals surface area contributed by atoms with E-state index in [2.05, 4.69) is 5.32 Å². The molecule has 0 fully saturated rings. The number of carbonyl (C=O) groups excluding carboxylic acids is 2. The molecule has 1 N–H and O–H groups in total. The van der Waals surface area contributed by atoms with Crippen molar-refractivity contribution in [2.24, 2.45) is 0 Å². The molecule has 0 aliphatic heterocycles. The van der Waals surface area contributed by atoms with Gasteiger partial charge in [-0.15, -0.1) is 0 Å². The number of hydrogen-bond donors (Lipinski definition) is 1. The van der Waals surface area contributed by atoms with Gasteiger partial charge >= 0.3 is 5.97 Å². The number of hydrogen-bond acceptors (Lipinski definition) is 5. The van der Waals surface area contributed by atoms with Gasteiger partial charge in [-0.1, -0.05) is 50.6 Å². The number of nitro groups is 1. The first-order chi connectivity index (χ1) is 12.6. The van der Waals surface area contributed by atoms with Crippen molar-refractivity contribution in [3.8, 4) is 0 Å². The third-order valence-corrected chi connectivity index (χ3v) is 3.96.